The monoisotopic (exact) mass is 204 g/mol. The van der Waals surface area contributed by atoms with E-state index >= 15 is 0 Å². The highest BCUT2D eigenvalue weighted by atomic mass is 14.3. The van der Waals surface area contributed by atoms with Gasteiger partial charge in [0.1, 0.15) is 0 Å². The summed E-state index contributed by atoms with van der Waals surface area (Å²) in [5, 5.41) is 0. The van der Waals surface area contributed by atoms with Gasteiger partial charge in [0.25, 0.3) is 0 Å². The predicted molar refractivity (Wildman–Crippen MR) is 68.0 cm³/mol. The van der Waals surface area contributed by atoms with Crippen LogP contribution in [0.2, 0.25) is 0 Å². The van der Waals surface area contributed by atoms with Gasteiger partial charge in [0, 0.05) is 0 Å². The summed E-state index contributed by atoms with van der Waals surface area (Å²) in [6.45, 7) is 9.35. The van der Waals surface area contributed by atoms with Gasteiger partial charge >= 0.3 is 0 Å². The van der Waals surface area contributed by atoms with Crippen molar-refractivity contribution in [1.29, 1.82) is 0 Å². The van der Waals surface area contributed by atoms with E-state index in [2.05, 4.69) is 58.0 Å². The lowest BCUT2D eigenvalue weighted by molar-refractivity contribution is 0.222. The van der Waals surface area contributed by atoms with Crippen LogP contribution in [0, 0.1) is 11.3 Å². The van der Waals surface area contributed by atoms with Crippen molar-refractivity contribution in [1.82, 2.24) is 0 Å². The van der Waals surface area contributed by atoms with Crippen molar-refractivity contribution in [3.8, 4) is 0 Å². The van der Waals surface area contributed by atoms with Crippen LogP contribution in [-0.4, -0.2) is 0 Å². The van der Waals surface area contributed by atoms with Gasteiger partial charge in [0.05, 0.1) is 0 Å². The molecule has 0 N–H and O–H groups in total. The van der Waals surface area contributed by atoms with E-state index in [0.717, 1.165) is 5.92 Å². The molecule has 0 saturated heterocycles. The minimum atomic E-state index is 0.422. The molecule has 0 unspecified atom stereocenters. The molecule has 0 heterocycles. The molecule has 0 spiro atoms. The summed E-state index contributed by atoms with van der Waals surface area (Å²) >= 11 is 0. The largest absolute Gasteiger partial charge is 0.0654 e. The van der Waals surface area contributed by atoms with E-state index in [1.165, 1.54) is 24.8 Å². The Bertz CT molecular complexity index is 266. The van der Waals surface area contributed by atoms with Gasteiger partial charge in [-0.15, -0.1) is 0 Å². The first-order valence-corrected chi connectivity index (χ1v) is 6.08. The molecule has 1 rings (SSSR count). The normalized spacial score (nSPS) is 13.9. The summed E-state index contributed by atoms with van der Waals surface area (Å²) in [4.78, 5) is 0. The van der Waals surface area contributed by atoms with E-state index in [1.807, 2.05) is 0 Å². The van der Waals surface area contributed by atoms with Gasteiger partial charge in [-0.3, -0.25) is 0 Å². The Balaban J connectivity index is 2.67. The molecule has 0 bridgehead atoms. The Labute approximate surface area is 94.7 Å². The van der Waals surface area contributed by atoms with Crippen molar-refractivity contribution >= 4 is 0 Å². The summed E-state index contributed by atoms with van der Waals surface area (Å²) in [7, 11) is 0. The minimum Gasteiger partial charge on any atom is -0.0654 e. The third-order valence-electron chi connectivity index (χ3n) is 3.19. The van der Waals surface area contributed by atoms with Crippen LogP contribution in [0.15, 0.2) is 30.3 Å². The molecular formula is C15H24. The summed E-state index contributed by atoms with van der Waals surface area (Å²) in [6.07, 6.45) is 3.84. The van der Waals surface area contributed by atoms with Crippen molar-refractivity contribution in [3.05, 3.63) is 35.9 Å². The van der Waals surface area contributed by atoms with Crippen LogP contribution in [0.1, 0.15) is 46.1 Å². The fourth-order valence-corrected chi connectivity index (χ4v) is 2.09. The van der Waals surface area contributed by atoms with Gasteiger partial charge in [0.2, 0.25) is 0 Å². The topological polar surface area (TPSA) is 0 Å². The van der Waals surface area contributed by atoms with Gasteiger partial charge in [-0.05, 0) is 29.7 Å². The van der Waals surface area contributed by atoms with Gasteiger partial charge < -0.3 is 0 Å². The van der Waals surface area contributed by atoms with Crippen LogP contribution in [0.4, 0.5) is 0 Å². The van der Waals surface area contributed by atoms with Crippen molar-refractivity contribution < 1.29 is 0 Å². The maximum atomic E-state index is 2.36. The summed E-state index contributed by atoms with van der Waals surface area (Å²) < 4.78 is 0. The molecule has 0 aromatic heterocycles. The predicted octanol–water partition coefficient (Wildman–Crippen LogP) is 4.69. The Kier molecular flexibility index (Phi) is 4.38. The average molecular weight is 204 g/mol. The van der Waals surface area contributed by atoms with Crippen LogP contribution >= 0.6 is 0 Å². The number of hydrogen-bond acceptors (Lipinski definition) is 0. The highest BCUT2D eigenvalue weighted by Crippen LogP contribution is 2.32. The van der Waals surface area contributed by atoms with Crippen LogP contribution in [-0.2, 0) is 6.42 Å². The fourth-order valence-electron chi connectivity index (χ4n) is 2.09. The molecule has 1 atom stereocenters. The Hall–Kier alpha value is -0.780. The van der Waals surface area contributed by atoms with E-state index in [4.69, 9.17) is 0 Å². The molecule has 0 aliphatic carbocycles. The maximum Gasteiger partial charge on any atom is -0.0245 e. The first-order chi connectivity index (χ1) is 7.04. The first kappa shape index (κ1) is 12.3. The number of hydrogen-bond donors (Lipinski definition) is 0. The van der Waals surface area contributed by atoms with Gasteiger partial charge in [0.15, 0.2) is 0 Å². The third-order valence-corrected chi connectivity index (χ3v) is 3.19. The molecule has 0 heteroatoms. The molecule has 0 fully saturated rings. The third kappa shape index (κ3) is 4.07. The Morgan fingerprint density at radius 2 is 1.67 bits per heavy atom. The molecule has 0 aliphatic rings. The minimum absolute atomic E-state index is 0.422. The van der Waals surface area contributed by atoms with E-state index in [-0.39, 0.29) is 0 Å². The molecule has 0 radical (unpaired) electrons. The maximum absolute atomic E-state index is 2.36. The molecule has 0 saturated carbocycles. The summed E-state index contributed by atoms with van der Waals surface area (Å²) in [6, 6.07) is 10.9. The molecule has 1 aromatic rings. The van der Waals surface area contributed by atoms with Crippen molar-refractivity contribution in [2.24, 2.45) is 11.3 Å². The molecule has 0 aliphatic heterocycles. The standard InChI is InChI=1S/C15H24/c1-5-9-14(15(2,3)4)12-13-10-7-6-8-11-13/h6-8,10-11,14H,5,9,12H2,1-4H3/t14-/m1/s1. The van der Waals surface area contributed by atoms with E-state index in [1.54, 1.807) is 0 Å². The number of rotatable bonds is 4. The molecule has 0 nitrogen and oxygen atoms in total. The summed E-state index contributed by atoms with van der Waals surface area (Å²) in [5.74, 6) is 0.796. The molecular weight excluding hydrogens is 180 g/mol. The lowest BCUT2D eigenvalue weighted by Gasteiger charge is -2.30. The zero-order chi connectivity index (χ0) is 11.3. The van der Waals surface area contributed by atoms with Crippen molar-refractivity contribution in [2.75, 3.05) is 0 Å². The quantitative estimate of drug-likeness (QED) is 0.667. The van der Waals surface area contributed by atoms with Crippen molar-refractivity contribution in [2.45, 2.75) is 47.0 Å². The second-order valence-corrected chi connectivity index (χ2v) is 5.54. The fraction of sp³-hybridized carbons (Fsp3) is 0.600. The van der Waals surface area contributed by atoms with Gasteiger partial charge in [-0.25, -0.2) is 0 Å². The van der Waals surface area contributed by atoms with E-state index < -0.39 is 0 Å². The highest BCUT2D eigenvalue weighted by molar-refractivity contribution is 5.15. The molecule has 84 valence electrons. The van der Waals surface area contributed by atoms with Crippen LogP contribution in [0.3, 0.4) is 0 Å². The summed E-state index contributed by atoms with van der Waals surface area (Å²) in [5.41, 5.74) is 1.90. The second-order valence-electron chi connectivity index (χ2n) is 5.54. The lowest BCUT2D eigenvalue weighted by atomic mass is 9.75. The average Bonchev–Trinajstić information content (AvgIpc) is 2.17. The second kappa shape index (κ2) is 5.34. The lowest BCUT2D eigenvalue weighted by Crippen LogP contribution is -2.22. The zero-order valence-corrected chi connectivity index (χ0v) is 10.6. The van der Waals surface area contributed by atoms with E-state index in [9.17, 15) is 0 Å². The first-order valence-electron chi connectivity index (χ1n) is 6.08. The van der Waals surface area contributed by atoms with Crippen LogP contribution in [0.5, 0.6) is 0 Å². The smallest absolute Gasteiger partial charge is 0.0245 e. The molecule has 15 heavy (non-hydrogen) atoms. The Morgan fingerprint density at radius 3 is 2.13 bits per heavy atom. The highest BCUT2D eigenvalue weighted by Gasteiger charge is 2.23. The Morgan fingerprint density at radius 1 is 1.07 bits per heavy atom. The zero-order valence-electron chi connectivity index (χ0n) is 10.6. The van der Waals surface area contributed by atoms with E-state index in [0.29, 0.717) is 5.41 Å². The van der Waals surface area contributed by atoms with Gasteiger partial charge in [-0.1, -0.05) is 64.4 Å². The van der Waals surface area contributed by atoms with Crippen molar-refractivity contribution in [3.63, 3.8) is 0 Å². The molecule has 0 amide bonds. The van der Waals surface area contributed by atoms with Crippen LogP contribution in [0.25, 0.3) is 0 Å². The molecule has 1 aromatic carbocycles. The van der Waals surface area contributed by atoms with Gasteiger partial charge in [-0.2, -0.15) is 0 Å². The van der Waals surface area contributed by atoms with Crippen LogP contribution < -0.4 is 0 Å². The SMILES string of the molecule is CCC[C@H](Cc1ccccc1)C(C)(C)C. The number of benzene rings is 1.